The van der Waals surface area contributed by atoms with Crippen molar-refractivity contribution in [3.63, 3.8) is 0 Å². The van der Waals surface area contributed by atoms with Crippen LogP contribution in [0.4, 0.5) is 0 Å². The van der Waals surface area contributed by atoms with Crippen molar-refractivity contribution >= 4 is 13.7 Å². The van der Waals surface area contributed by atoms with Gasteiger partial charge in [-0.2, -0.15) is 0 Å². The number of nitrogens with one attached hydrogen (secondary N) is 1. The van der Waals surface area contributed by atoms with Crippen LogP contribution in [0.5, 0.6) is 0 Å². The molecule has 9 N–H and O–H groups in total. The molecule has 14 heteroatoms. The Morgan fingerprint density at radius 2 is 1.02 bits per heavy atom. The van der Waals surface area contributed by atoms with Gasteiger partial charge < -0.3 is 46.0 Å². The van der Waals surface area contributed by atoms with Crippen molar-refractivity contribution in [2.75, 3.05) is 6.61 Å². The highest BCUT2D eigenvalue weighted by Crippen LogP contribution is 2.47. The minimum atomic E-state index is -5.13. The molecule has 56 heavy (non-hydrogen) atoms. The monoisotopic (exact) mass is 824 g/mol. The number of amides is 1. The highest BCUT2D eigenvalue weighted by molar-refractivity contribution is 7.47. The van der Waals surface area contributed by atoms with Crippen LogP contribution in [0.3, 0.4) is 0 Å². The summed E-state index contributed by atoms with van der Waals surface area (Å²) in [5.74, 6) is -0.594. The van der Waals surface area contributed by atoms with E-state index in [-0.39, 0.29) is 6.42 Å². The Balaban J connectivity index is 2.57. The number of hydrogen-bond donors (Lipinski definition) is 9. The second-order valence-electron chi connectivity index (χ2n) is 16.1. The van der Waals surface area contributed by atoms with E-state index in [0.29, 0.717) is 12.8 Å². The number of hydrogen-bond acceptors (Lipinski definition) is 11. The molecule has 13 nitrogen and oxygen atoms in total. The molecular weight excluding hydrogens is 741 g/mol. The largest absolute Gasteiger partial charge is 0.472 e. The maximum absolute atomic E-state index is 12.9. The lowest BCUT2D eigenvalue weighted by Gasteiger charge is -2.41. The Kier molecular flexibility index (Phi) is 31.1. The molecule has 1 fully saturated rings. The molecule has 1 aliphatic carbocycles. The van der Waals surface area contributed by atoms with E-state index in [1.165, 1.54) is 115 Å². The van der Waals surface area contributed by atoms with Gasteiger partial charge in [-0.05, 0) is 19.3 Å². The fraction of sp³-hybridized carbons (Fsp3) is 0.929. The maximum Gasteiger partial charge on any atom is 0.472 e. The number of carbonyl (C=O) groups excluding carboxylic acids is 1. The molecule has 0 spiro atoms. The first-order valence-electron chi connectivity index (χ1n) is 22.2. The Bertz CT molecular complexity index is 1020. The van der Waals surface area contributed by atoms with E-state index in [1.807, 2.05) is 0 Å². The molecule has 0 heterocycles. The highest BCUT2D eigenvalue weighted by Gasteiger charge is 2.51. The first-order valence-corrected chi connectivity index (χ1v) is 23.7. The quantitative estimate of drug-likeness (QED) is 0.0184. The molecular formula is C42H82NO12P. The molecule has 0 bridgehead atoms. The summed E-state index contributed by atoms with van der Waals surface area (Å²) in [5.41, 5.74) is 0. The van der Waals surface area contributed by atoms with E-state index in [2.05, 4.69) is 19.2 Å². The van der Waals surface area contributed by atoms with Gasteiger partial charge in [0.25, 0.3) is 0 Å². The number of rotatable bonds is 36. The van der Waals surface area contributed by atoms with Crippen LogP contribution >= 0.6 is 7.82 Å². The van der Waals surface area contributed by atoms with Crippen LogP contribution in [0, 0.1) is 0 Å². The van der Waals surface area contributed by atoms with Crippen molar-refractivity contribution < 1.29 is 59.0 Å². The van der Waals surface area contributed by atoms with Gasteiger partial charge in [0.05, 0.1) is 31.3 Å². The Labute approximate surface area is 338 Å². The highest BCUT2D eigenvalue weighted by atomic mass is 31.2. The minimum absolute atomic E-state index is 0.241. The SMILES string of the molecule is CCCCCCCCCCCCCCCCC/C=C/C(O)C(COP(=O)(O)OC1C(O)C(O)C(O)C(O)C1O)NC(=O)CC(O)CCCCCCCCCCC. The van der Waals surface area contributed by atoms with Gasteiger partial charge in [0.15, 0.2) is 0 Å². The number of phosphoric acid groups is 1. The zero-order chi connectivity index (χ0) is 41.6. The number of aliphatic hydroxyl groups is 7. The molecule has 332 valence electrons. The van der Waals surface area contributed by atoms with E-state index in [4.69, 9.17) is 9.05 Å². The predicted octanol–water partition coefficient (Wildman–Crippen LogP) is 6.64. The maximum atomic E-state index is 12.9. The molecule has 1 amide bonds. The van der Waals surface area contributed by atoms with Gasteiger partial charge in [0.2, 0.25) is 5.91 Å². The van der Waals surface area contributed by atoms with Crippen LogP contribution in [0.1, 0.15) is 187 Å². The normalized spacial score (nSPS) is 24.2. The second kappa shape index (κ2) is 32.8. The van der Waals surface area contributed by atoms with E-state index in [0.717, 1.165) is 44.9 Å². The van der Waals surface area contributed by atoms with Crippen LogP contribution in [-0.2, 0) is 18.4 Å². The van der Waals surface area contributed by atoms with Crippen LogP contribution < -0.4 is 5.32 Å². The summed E-state index contributed by atoms with van der Waals surface area (Å²) in [7, 11) is -5.13. The fourth-order valence-electron chi connectivity index (χ4n) is 7.18. The molecule has 0 aliphatic heterocycles. The molecule has 0 radical (unpaired) electrons. The number of allylic oxidation sites excluding steroid dienone is 1. The van der Waals surface area contributed by atoms with E-state index in [1.54, 1.807) is 6.08 Å². The lowest BCUT2D eigenvalue weighted by molar-refractivity contribution is -0.220. The summed E-state index contributed by atoms with van der Waals surface area (Å²) in [6.07, 6.45) is 18.9. The lowest BCUT2D eigenvalue weighted by atomic mass is 9.85. The molecule has 0 aromatic carbocycles. The number of phosphoric ester groups is 1. The summed E-state index contributed by atoms with van der Waals surface area (Å²) in [5, 5.41) is 74.2. The summed E-state index contributed by atoms with van der Waals surface area (Å²) < 4.78 is 22.8. The van der Waals surface area contributed by atoms with Gasteiger partial charge in [0.1, 0.15) is 36.6 Å². The van der Waals surface area contributed by atoms with Crippen LogP contribution in [0.25, 0.3) is 0 Å². The summed E-state index contributed by atoms with van der Waals surface area (Å²) in [6, 6.07) is -1.23. The molecule has 8 atom stereocenters. The van der Waals surface area contributed by atoms with E-state index < -0.39 is 75.2 Å². The van der Waals surface area contributed by atoms with Gasteiger partial charge in [0, 0.05) is 0 Å². The third kappa shape index (κ3) is 24.8. The topological polar surface area (TPSA) is 226 Å². The van der Waals surface area contributed by atoms with E-state index >= 15 is 0 Å². The van der Waals surface area contributed by atoms with Gasteiger partial charge in [-0.1, -0.05) is 174 Å². The predicted molar refractivity (Wildman–Crippen MR) is 220 cm³/mol. The third-order valence-corrected chi connectivity index (χ3v) is 11.9. The summed E-state index contributed by atoms with van der Waals surface area (Å²) in [6.45, 7) is 3.70. The molecule has 1 saturated carbocycles. The third-order valence-electron chi connectivity index (χ3n) is 10.9. The van der Waals surface area contributed by atoms with Crippen molar-refractivity contribution in [3.05, 3.63) is 12.2 Å². The molecule has 8 unspecified atom stereocenters. The Hall–Kier alpha value is -0.960. The van der Waals surface area contributed by atoms with Crippen molar-refractivity contribution in [2.45, 2.75) is 242 Å². The molecule has 0 aromatic rings. The van der Waals surface area contributed by atoms with Gasteiger partial charge in [-0.15, -0.1) is 0 Å². The first-order chi connectivity index (χ1) is 26.8. The average molecular weight is 824 g/mol. The van der Waals surface area contributed by atoms with Gasteiger partial charge >= 0.3 is 7.82 Å². The fourth-order valence-corrected chi connectivity index (χ4v) is 8.15. The van der Waals surface area contributed by atoms with E-state index in [9.17, 15) is 50.0 Å². The number of aliphatic hydroxyl groups excluding tert-OH is 7. The summed E-state index contributed by atoms with van der Waals surface area (Å²) in [4.78, 5) is 23.3. The molecule has 0 saturated heterocycles. The number of carbonyl (C=O) groups is 1. The zero-order valence-electron chi connectivity index (χ0n) is 34.8. The lowest BCUT2D eigenvalue weighted by Crippen LogP contribution is -2.64. The Morgan fingerprint density at radius 3 is 1.46 bits per heavy atom. The molecule has 0 aromatic heterocycles. The van der Waals surface area contributed by atoms with Crippen LogP contribution in [0.2, 0.25) is 0 Å². The second-order valence-corrected chi connectivity index (χ2v) is 17.5. The zero-order valence-corrected chi connectivity index (χ0v) is 35.7. The Morgan fingerprint density at radius 1 is 0.625 bits per heavy atom. The summed E-state index contributed by atoms with van der Waals surface area (Å²) >= 11 is 0. The van der Waals surface area contributed by atoms with Crippen LogP contribution in [0.15, 0.2) is 12.2 Å². The average Bonchev–Trinajstić information content (AvgIpc) is 3.17. The van der Waals surface area contributed by atoms with Crippen molar-refractivity contribution in [3.8, 4) is 0 Å². The van der Waals surface area contributed by atoms with Crippen LogP contribution in [-0.4, -0.2) is 108 Å². The van der Waals surface area contributed by atoms with Gasteiger partial charge in [-0.3, -0.25) is 13.8 Å². The smallest absolute Gasteiger partial charge is 0.393 e. The molecule has 1 rings (SSSR count). The van der Waals surface area contributed by atoms with Gasteiger partial charge in [-0.25, -0.2) is 4.57 Å². The molecule has 1 aliphatic rings. The number of unbranched alkanes of at least 4 members (excludes halogenated alkanes) is 23. The standard InChI is InChI=1S/C42H82NO12P/c1-3-5-7-9-11-13-14-15-16-17-18-19-20-22-24-26-28-30-35(45)34(43-36(46)31-33(44)29-27-25-23-21-12-10-8-6-4-2)32-54-56(52,53)55-42-40(50)38(48)37(47)39(49)41(42)51/h28,30,33-35,37-42,44-45,47-51H,3-27,29,31-32H2,1-2H3,(H,43,46)(H,52,53)/b30-28+. The van der Waals surface area contributed by atoms with Crippen molar-refractivity contribution in [1.29, 1.82) is 0 Å². The van der Waals surface area contributed by atoms with Crippen molar-refractivity contribution in [1.82, 2.24) is 5.32 Å². The van der Waals surface area contributed by atoms with Crippen molar-refractivity contribution in [2.24, 2.45) is 0 Å². The minimum Gasteiger partial charge on any atom is -0.393 e. The first kappa shape index (κ1) is 53.1.